The smallest absolute Gasteiger partial charge is 0.315 e. The summed E-state index contributed by atoms with van der Waals surface area (Å²) in [6.45, 7) is 7.04. The molecular weight excluding hydrogens is 308 g/mol. The molecule has 24 heavy (non-hydrogen) atoms. The third-order valence-corrected chi connectivity index (χ3v) is 4.08. The van der Waals surface area contributed by atoms with Gasteiger partial charge in [0.2, 0.25) is 11.9 Å². The van der Waals surface area contributed by atoms with E-state index in [0.29, 0.717) is 32.0 Å². The van der Waals surface area contributed by atoms with Crippen LogP contribution in [0.2, 0.25) is 0 Å². The van der Waals surface area contributed by atoms with Crippen molar-refractivity contribution in [3.8, 4) is 0 Å². The average Bonchev–Trinajstić information content (AvgIpc) is 2.62. The molecule has 132 valence electrons. The standard InChI is InChI=1S/C16H26N6O2/c1-3-13(2)20-16(24)19-8-5-14(23)21-9-11-22(12-10-21)15-17-6-4-7-18-15/h4,6-7,13H,3,5,8-12H2,1-2H3,(H2,19,20,24). The first-order valence-corrected chi connectivity index (χ1v) is 8.44. The fourth-order valence-corrected chi connectivity index (χ4v) is 2.43. The van der Waals surface area contributed by atoms with Gasteiger partial charge in [-0.25, -0.2) is 14.8 Å². The summed E-state index contributed by atoms with van der Waals surface area (Å²) in [4.78, 5) is 36.2. The molecule has 1 aliphatic heterocycles. The van der Waals surface area contributed by atoms with Crippen LogP contribution in [0.3, 0.4) is 0 Å². The van der Waals surface area contributed by atoms with Crippen molar-refractivity contribution >= 4 is 17.9 Å². The lowest BCUT2D eigenvalue weighted by Crippen LogP contribution is -2.50. The van der Waals surface area contributed by atoms with E-state index in [-0.39, 0.29) is 18.0 Å². The molecular formula is C16H26N6O2. The van der Waals surface area contributed by atoms with Gasteiger partial charge in [-0.15, -0.1) is 0 Å². The van der Waals surface area contributed by atoms with Crippen LogP contribution in [-0.4, -0.2) is 65.6 Å². The molecule has 0 aliphatic carbocycles. The first-order chi connectivity index (χ1) is 11.6. The number of carbonyl (C=O) groups is 2. The Kier molecular flexibility index (Phi) is 6.77. The second-order valence-corrected chi connectivity index (χ2v) is 5.88. The molecule has 3 amide bonds. The van der Waals surface area contributed by atoms with Gasteiger partial charge >= 0.3 is 6.03 Å². The van der Waals surface area contributed by atoms with Gasteiger partial charge in [-0.1, -0.05) is 6.92 Å². The van der Waals surface area contributed by atoms with E-state index in [0.717, 1.165) is 19.5 Å². The molecule has 0 aromatic carbocycles. The molecule has 2 rings (SSSR count). The fourth-order valence-electron chi connectivity index (χ4n) is 2.43. The van der Waals surface area contributed by atoms with E-state index in [9.17, 15) is 9.59 Å². The molecule has 1 aliphatic rings. The van der Waals surface area contributed by atoms with Gasteiger partial charge < -0.3 is 20.4 Å². The van der Waals surface area contributed by atoms with E-state index in [1.165, 1.54) is 0 Å². The highest BCUT2D eigenvalue weighted by Gasteiger charge is 2.22. The minimum absolute atomic E-state index is 0.0625. The van der Waals surface area contributed by atoms with Crippen LogP contribution in [0.4, 0.5) is 10.7 Å². The quantitative estimate of drug-likeness (QED) is 0.796. The van der Waals surface area contributed by atoms with Gasteiger partial charge in [0.25, 0.3) is 0 Å². The van der Waals surface area contributed by atoms with Crippen molar-refractivity contribution in [3.05, 3.63) is 18.5 Å². The molecule has 2 heterocycles. The number of amides is 3. The van der Waals surface area contributed by atoms with Crippen LogP contribution >= 0.6 is 0 Å². The number of piperazine rings is 1. The molecule has 0 radical (unpaired) electrons. The van der Waals surface area contributed by atoms with Crippen molar-refractivity contribution in [3.63, 3.8) is 0 Å². The van der Waals surface area contributed by atoms with Crippen LogP contribution in [-0.2, 0) is 4.79 Å². The van der Waals surface area contributed by atoms with Gasteiger partial charge in [0.15, 0.2) is 0 Å². The second kappa shape index (κ2) is 9.05. The maximum atomic E-state index is 12.2. The topological polar surface area (TPSA) is 90.5 Å². The largest absolute Gasteiger partial charge is 0.339 e. The van der Waals surface area contributed by atoms with E-state index < -0.39 is 0 Å². The summed E-state index contributed by atoms with van der Waals surface area (Å²) in [5.41, 5.74) is 0. The van der Waals surface area contributed by atoms with Crippen LogP contribution in [0.1, 0.15) is 26.7 Å². The third-order valence-electron chi connectivity index (χ3n) is 4.08. The van der Waals surface area contributed by atoms with Crippen LogP contribution in [0.15, 0.2) is 18.5 Å². The Hall–Kier alpha value is -2.38. The predicted molar refractivity (Wildman–Crippen MR) is 91.7 cm³/mol. The Bertz CT molecular complexity index is 531. The number of anilines is 1. The number of rotatable bonds is 6. The first-order valence-electron chi connectivity index (χ1n) is 8.44. The SMILES string of the molecule is CCC(C)NC(=O)NCCC(=O)N1CCN(c2ncccn2)CC1. The predicted octanol–water partition coefficient (Wildman–Crippen LogP) is 0.613. The molecule has 1 aromatic rings. The van der Waals surface area contributed by atoms with E-state index >= 15 is 0 Å². The maximum absolute atomic E-state index is 12.2. The van der Waals surface area contributed by atoms with Crippen LogP contribution in [0.25, 0.3) is 0 Å². The third kappa shape index (κ3) is 5.36. The van der Waals surface area contributed by atoms with Gasteiger partial charge in [-0.2, -0.15) is 0 Å². The summed E-state index contributed by atoms with van der Waals surface area (Å²) < 4.78 is 0. The summed E-state index contributed by atoms with van der Waals surface area (Å²) in [6, 6.07) is 1.70. The zero-order chi connectivity index (χ0) is 17.4. The zero-order valence-corrected chi connectivity index (χ0v) is 14.4. The summed E-state index contributed by atoms with van der Waals surface area (Å²) in [7, 11) is 0. The molecule has 0 spiro atoms. The lowest BCUT2D eigenvalue weighted by Gasteiger charge is -2.34. The van der Waals surface area contributed by atoms with Gasteiger partial charge in [0.1, 0.15) is 0 Å². The Morgan fingerprint density at radius 2 is 1.88 bits per heavy atom. The minimum atomic E-state index is -0.219. The van der Waals surface area contributed by atoms with Crippen molar-refractivity contribution in [1.29, 1.82) is 0 Å². The van der Waals surface area contributed by atoms with Gasteiger partial charge in [-0.05, 0) is 19.4 Å². The molecule has 8 heteroatoms. The Morgan fingerprint density at radius 3 is 2.50 bits per heavy atom. The molecule has 0 saturated carbocycles. The number of hydrogen-bond acceptors (Lipinski definition) is 5. The van der Waals surface area contributed by atoms with Gasteiger partial charge in [0, 0.05) is 57.6 Å². The first kappa shape index (κ1) is 18.0. The van der Waals surface area contributed by atoms with Crippen LogP contribution in [0.5, 0.6) is 0 Å². The number of hydrogen-bond donors (Lipinski definition) is 2. The number of urea groups is 1. The molecule has 0 bridgehead atoms. The second-order valence-electron chi connectivity index (χ2n) is 5.88. The Morgan fingerprint density at radius 1 is 1.21 bits per heavy atom. The monoisotopic (exact) mass is 334 g/mol. The molecule has 8 nitrogen and oxygen atoms in total. The molecule has 2 N–H and O–H groups in total. The zero-order valence-electron chi connectivity index (χ0n) is 14.4. The summed E-state index contributed by atoms with van der Waals surface area (Å²) in [5.74, 6) is 0.764. The molecule has 1 atom stereocenters. The van der Waals surface area contributed by atoms with Gasteiger partial charge in [-0.3, -0.25) is 4.79 Å². The number of nitrogens with one attached hydrogen (secondary N) is 2. The Balaban J connectivity index is 1.67. The van der Waals surface area contributed by atoms with E-state index in [4.69, 9.17) is 0 Å². The van der Waals surface area contributed by atoms with Crippen LogP contribution in [0, 0.1) is 0 Å². The number of aromatic nitrogens is 2. The molecule has 1 saturated heterocycles. The number of nitrogens with zero attached hydrogens (tertiary/aromatic N) is 4. The minimum Gasteiger partial charge on any atom is -0.339 e. The van der Waals surface area contributed by atoms with Crippen molar-refractivity contribution < 1.29 is 9.59 Å². The summed E-state index contributed by atoms with van der Waals surface area (Å²) in [5, 5.41) is 5.54. The van der Waals surface area contributed by atoms with Crippen molar-refractivity contribution in [1.82, 2.24) is 25.5 Å². The van der Waals surface area contributed by atoms with Crippen molar-refractivity contribution in [2.45, 2.75) is 32.7 Å². The average molecular weight is 334 g/mol. The van der Waals surface area contributed by atoms with E-state index in [1.807, 2.05) is 18.7 Å². The lowest BCUT2D eigenvalue weighted by molar-refractivity contribution is -0.131. The Labute approximate surface area is 142 Å². The number of carbonyl (C=O) groups excluding carboxylic acids is 2. The molecule has 1 fully saturated rings. The maximum Gasteiger partial charge on any atom is 0.315 e. The molecule has 1 aromatic heterocycles. The highest BCUT2D eigenvalue weighted by atomic mass is 16.2. The van der Waals surface area contributed by atoms with E-state index in [1.54, 1.807) is 18.5 Å². The van der Waals surface area contributed by atoms with E-state index in [2.05, 4.69) is 25.5 Å². The highest BCUT2D eigenvalue weighted by Crippen LogP contribution is 2.10. The fraction of sp³-hybridized carbons (Fsp3) is 0.625. The van der Waals surface area contributed by atoms with Crippen molar-refractivity contribution in [2.75, 3.05) is 37.6 Å². The van der Waals surface area contributed by atoms with Crippen molar-refractivity contribution in [2.24, 2.45) is 0 Å². The summed E-state index contributed by atoms with van der Waals surface area (Å²) >= 11 is 0. The normalized spacial score (nSPS) is 15.8. The lowest BCUT2D eigenvalue weighted by atomic mass is 10.2. The van der Waals surface area contributed by atoms with Gasteiger partial charge in [0.05, 0.1) is 0 Å². The molecule has 1 unspecified atom stereocenters. The highest BCUT2D eigenvalue weighted by molar-refractivity contribution is 5.78. The van der Waals surface area contributed by atoms with Crippen LogP contribution < -0.4 is 15.5 Å². The summed E-state index contributed by atoms with van der Waals surface area (Å²) in [6.07, 6.45) is 4.63.